The van der Waals surface area contributed by atoms with Crippen molar-refractivity contribution < 1.29 is 4.79 Å². The van der Waals surface area contributed by atoms with Gasteiger partial charge in [-0.3, -0.25) is 9.69 Å². The van der Waals surface area contributed by atoms with Crippen LogP contribution in [0.1, 0.15) is 42.3 Å². The molecule has 0 saturated carbocycles. The van der Waals surface area contributed by atoms with Gasteiger partial charge in [-0.1, -0.05) is 13.0 Å². The SMILES string of the molecule is CCN1CCC[C@H]1[C@@H]1CCCN1C(=O)c1cccs1. The van der Waals surface area contributed by atoms with Crippen LogP contribution < -0.4 is 0 Å². The highest BCUT2D eigenvalue weighted by molar-refractivity contribution is 7.12. The van der Waals surface area contributed by atoms with Crippen LogP contribution in [0.2, 0.25) is 0 Å². The van der Waals surface area contributed by atoms with E-state index in [-0.39, 0.29) is 5.91 Å². The Morgan fingerprint density at radius 1 is 1.32 bits per heavy atom. The number of carbonyl (C=O) groups excluding carboxylic acids is 1. The molecule has 2 aliphatic rings. The van der Waals surface area contributed by atoms with Crippen molar-refractivity contribution >= 4 is 17.2 Å². The number of likely N-dealkylation sites (N-methyl/N-ethyl adjacent to an activating group) is 1. The minimum absolute atomic E-state index is 0.250. The highest BCUT2D eigenvalue weighted by atomic mass is 32.1. The van der Waals surface area contributed by atoms with E-state index in [2.05, 4.69) is 16.7 Å². The summed E-state index contributed by atoms with van der Waals surface area (Å²) in [4.78, 5) is 18.2. The fourth-order valence-electron chi connectivity index (χ4n) is 3.67. The number of nitrogens with zero attached hydrogens (tertiary/aromatic N) is 2. The maximum atomic E-state index is 12.6. The lowest BCUT2D eigenvalue weighted by Crippen LogP contribution is -2.48. The Morgan fingerprint density at radius 3 is 2.84 bits per heavy atom. The molecule has 3 heterocycles. The number of likely N-dealkylation sites (tertiary alicyclic amines) is 2. The molecule has 3 nitrogen and oxygen atoms in total. The summed E-state index contributed by atoms with van der Waals surface area (Å²) in [7, 11) is 0. The lowest BCUT2D eigenvalue weighted by Gasteiger charge is -2.34. The average molecular weight is 278 g/mol. The molecule has 0 N–H and O–H groups in total. The Kier molecular flexibility index (Phi) is 3.89. The van der Waals surface area contributed by atoms with Crippen LogP contribution in [0.5, 0.6) is 0 Å². The van der Waals surface area contributed by atoms with Gasteiger partial charge in [0.1, 0.15) is 0 Å². The first-order valence-corrected chi connectivity index (χ1v) is 8.27. The molecule has 0 radical (unpaired) electrons. The number of hydrogen-bond donors (Lipinski definition) is 0. The summed E-state index contributed by atoms with van der Waals surface area (Å²) in [6.07, 6.45) is 4.89. The molecule has 2 atom stereocenters. The predicted octanol–water partition coefficient (Wildman–Crippen LogP) is 2.84. The molecule has 0 aromatic carbocycles. The summed E-state index contributed by atoms with van der Waals surface area (Å²) >= 11 is 1.56. The smallest absolute Gasteiger partial charge is 0.264 e. The van der Waals surface area contributed by atoms with Gasteiger partial charge < -0.3 is 4.90 Å². The Balaban J connectivity index is 1.76. The zero-order chi connectivity index (χ0) is 13.2. The molecule has 0 spiro atoms. The summed E-state index contributed by atoms with van der Waals surface area (Å²) in [5, 5.41) is 1.99. The van der Waals surface area contributed by atoms with Crippen LogP contribution in [0.3, 0.4) is 0 Å². The van der Waals surface area contributed by atoms with Crippen molar-refractivity contribution in [3.05, 3.63) is 22.4 Å². The van der Waals surface area contributed by atoms with Gasteiger partial charge in [0.25, 0.3) is 5.91 Å². The van der Waals surface area contributed by atoms with Crippen LogP contribution in [-0.4, -0.2) is 47.4 Å². The van der Waals surface area contributed by atoms with Gasteiger partial charge in [0.15, 0.2) is 0 Å². The number of hydrogen-bond acceptors (Lipinski definition) is 3. The third-order valence-electron chi connectivity index (χ3n) is 4.56. The van der Waals surface area contributed by atoms with E-state index in [0.717, 1.165) is 24.4 Å². The molecule has 19 heavy (non-hydrogen) atoms. The largest absolute Gasteiger partial charge is 0.333 e. The summed E-state index contributed by atoms with van der Waals surface area (Å²) in [5.41, 5.74) is 0. The predicted molar refractivity (Wildman–Crippen MR) is 78.6 cm³/mol. The van der Waals surface area contributed by atoms with Crippen LogP contribution in [0.25, 0.3) is 0 Å². The van der Waals surface area contributed by atoms with Crippen molar-refractivity contribution in [1.82, 2.24) is 9.80 Å². The zero-order valence-electron chi connectivity index (χ0n) is 11.5. The van der Waals surface area contributed by atoms with Crippen LogP contribution >= 0.6 is 11.3 Å². The summed E-state index contributed by atoms with van der Waals surface area (Å²) in [5.74, 6) is 0.250. The quantitative estimate of drug-likeness (QED) is 0.849. The second-order valence-electron chi connectivity index (χ2n) is 5.52. The van der Waals surface area contributed by atoms with Gasteiger partial charge >= 0.3 is 0 Å². The van der Waals surface area contributed by atoms with E-state index in [1.807, 2.05) is 17.5 Å². The van der Waals surface area contributed by atoms with Gasteiger partial charge in [-0.25, -0.2) is 0 Å². The van der Waals surface area contributed by atoms with E-state index in [1.54, 1.807) is 11.3 Å². The maximum Gasteiger partial charge on any atom is 0.264 e. The second-order valence-corrected chi connectivity index (χ2v) is 6.47. The fourth-order valence-corrected chi connectivity index (χ4v) is 4.35. The van der Waals surface area contributed by atoms with Crippen LogP contribution in [0.4, 0.5) is 0 Å². The molecule has 0 aliphatic carbocycles. The van der Waals surface area contributed by atoms with Crippen molar-refractivity contribution in [2.75, 3.05) is 19.6 Å². The summed E-state index contributed by atoms with van der Waals surface area (Å²) in [6.45, 7) is 5.50. The molecule has 2 fully saturated rings. The standard InChI is InChI=1S/C15H22N2OS/c1-2-16-9-3-6-12(16)13-7-4-10-17(13)15(18)14-8-5-11-19-14/h5,8,11-13H,2-4,6-7,9-10H2,1H3/t12-,13-/m0/s1. The lowest BCUT2D eigenvalue weighted by atomic mass is 10.0. The van der Waals surface area contributed by atoms with Gasteiger partial charge in [-0.15, -0.1) is 11.3 Å². The monoisotopic (exact) mass is 278 g/mol. The van der Waals surface area contributed by atoms with Crippen molar-refractivity contribution in [3.63, 3.8) is 0 Å². The third kappa shape index (κ3) is 2.43. The second kappa shape index (κ2) is 5.63. The molecule has 1 aromatic heterocycles. The fraction of sp³-hybridized carbons (Fsp3) is 0.667. The van der Waals surface area contributed by atoms with Gasteiger partial charge in [0, 0.05) is 18.6 Å². The van der Waals surface area contributed by atoms with Gasteiger partial charge in [0.05, 0.1) is 4.88 Å². The molecule has 0 unspecified atom stereocenters. The highest BCUT2D eigenvalue weighted by Gasteiger charge is 2.39. The number of carbonyl (C=O) groups is 1. The van der Waals surface area contributed by atoms with Gasteiger partial charge in [-0.05, 0) is 50.2 Å². The number of amides is 1. The first kappa shape index (κ1) is 13.1. The van der Waals surface area contributed by atoms with E-state index >= 15 is 0 Å². The van der Waals surface area contributed by atoms with Crippen LogP contribution in [-0.2, 0) is 0 Å². The van der Waals surface area contributed by atoms with Crippen LogP contribution in [0.15, 0.2) is 17.5 Å². The highest BCUT2D eigenvalue weighted by Crippen LogP contribution is 2.31. The van der Waals surface area contributed by atoms with E-state index in [9.17, 15) is 4.79 Å². The molecule has 3 rings (SSSR count). The van der Waals surface area contributed by atoms with Gasteiger partial charge in [-0.2, -0.15) is 0 Å². The van der Waals surface area contributed by atoms with Crippen molar-refractivity contribution in [3.8, 4) is 0 Å². The van der Waals surface area contributed by atoms with Crippen molar-refractivity contribution in [2.45, 2.75) is 44.7 Å². The topological polar surface area (TPSA) is 23.6 Å². The number of thiophene rings is 1. The van der Waals surface area contributed by atoms with Gasteiger partial charge in [0.2, 0.25) is 0 Å². The van der Waals surface area contributed by atoms with Crippen LogP contribution in [0, 0.1) is 0 Å². The molecule has 2 aliphatic heterocycles. The summed E-state index contributed by atoms with van der Waals surface area (Å²) < 4.78 is 0. The summed E-state index contributed by atoms with van der Waals surface area (Å²) in [6, 6.07) is 4.96. The molecule has 1 amide bonds. The normalized spacial score (nSPS) is 28.2. The Hall–Kier alpha value is -0.870. The van der Waals surface area contributed by atoms with E-state index in [1.165, 1.54) is 25.8 Å². The van der Waals surface area contributed by atoms with E-state index < -0.39 is 0 Å². The molecule has 104 valence electrons. The lowest BCUT2D eigenvalue weighted by molar-refractivity contribution is 0.0655. The molecular weight excluding hydrogens is 256 g/mol. The average Bonchev–Trinajstić information content (AvgIpc) is 3.16. The Bertz CT molecular complexity index is 431. The zero-order valence-corrected chi connectivity index (χ0v) is 12.4. The molecule has 1 aromatic rings. The minimum atomic E-state index is 0.250. The third-order valence-corrected chi connectivity index (χ3v) is 5.41. The molecule has 2 saturated heterocycles. The number of rotatable bonds is 3. The van der Waals surface area contributed by atoms with E-state index in [0.29, 0.717) is 12.1 Å². The van der Waals surface area contributed by atoms with Crippen molar-refractivity contribution in [1.29, 1.82) is 0 Å². The first-order valence-electron chi connectivity index (χ1n) is 7.39. The first-order chi connectivity index (χ1) is 9.31. The Morgan fingerprint density at radius 2 is 2.11 bits per heavy atom. The maximum absolute atomic E-state index is 12.6. The van der Waals surface area contributed by atoms with Crippen molar-refractivity contribution in [2.24, 2.45) is 0 Å². The molecule has 0 bridgehead atoms. The minimum Gasteiger partial charge on any atom is -0.333 e. The molecule has 4 heteroatoms. The van der Waals surface area contributed by atoms with E-state index in [4.69, 9.17) is 0 Å². The Labute approximate surface area is 119 Å². The molecular formula is C15H22N2OS.